The summed E-state index contributed by atoms with van der Waals surface area (Å²) in [6.07, 6.45) is 1.70. The van der Waals surface area contributed by atoms with E-state index in [2.05, 4.69) is 4.90 Å². The molecule has 1 saturated heterocycles. The number of carbonyl (C=O) groups is 2. The van der Waals surface area contributed by atoms with E-state index in [0.29, 0.717) is 48.9 Å². The van der Waals surface area contributed by atoms with Gasteiger partial charge in [0.25, 0.3) is 10.0 Å². The first-order valence-corrected chi connectivity index (χ1v) is 13.4. The van der Waals surface area contributed by atoms with Gasteiger partial charge in [-0.3, -0.25) is 4.79 Å². The third-order valence-corrected chi connectivity index (χ3v) is 8.28. The molecule has 9 heteroatoms. The minimum Gasteiger partial charge on any atom is -0.445 e. The first-order chi connectivity index (χ1) is 17.9. The second-order valence-corrected chi connectivity index (χ2v) is 10.8. The van der Waals surface area contributed by atoms with Crippen molar-refractivity contribution in [3.05, 3.63) is 95.7 Å². The fourth-order valence-electron chi connectivity index (χ4n) is 4.58. The molecule has 4 aromatic rings. The number of aryl methyl sites for hydroxylation is 1. The van der Waals surface area contributed by atoms with Crippen LogP contribution < -0.4 is 4.90 Å². The molecule has 2 heterocycles. The van der Waals surface area contributed by atoms with Crippen LogP contribution in [0, 0.1) is 6.92 Å². The first-order valence-electron chi connectivity index (χ1n) is 12.0. The molecular weight excluding hydrogens is 490 g/mol. The smallest absolute Gasteiger partial charge is 0.410 e. The molecule has 3 aromatic carbocycles. The van der Waals surface area contributed by atoms with Crippen LogP contribution in [0.2, 0.25) is 0 Å². The predicted molar refractivity (Wildman–Crippen MR) is 142 cm³/mol. The normalized spacial score (nSPS) is 14.1. The van der Waals surface area contributed by atoms with E-state index >= 15 is 0 Å². The Balaban J connectivity index is 1.37. The molecule has 8 nitrogen and oxygen atoms in total. The summed E-state index contributed by atoms with van der Waals surface area (Å²) >= 11 is 0. The van der Waals surface area contributed by atoms with Gasteiger partial charge in [-0.1, -0.05) is 54.1 Å². The number of piperazine rings is 1. The zero-order valence-electron chi connectivity index (χ0n) is 20.4. The average Bonchev–Trinajstić information content (AvgIpc) is 3.33. The number of nitrogens with zero attached hydrogens (tertiary/aromatic N) is 3. The van der Waals surface area contributed by atoms with Crippen LogP contribution in [0.4, 0.5) is 10.5 Å². The maximum atomic E-state index is 13.4. The molecule has 0 unspecified atom stereocenters. The highest BCUT2D eigenvalue weighted by Crippen LogP contribution is 2.33. The Hall–Kier alpha value is -4.11. The lowest BCUT2D eigenvalue weighted by Crippen LogP contribution is -2.49. The van der Waals surface area contributed by atoms with Crippen molar-refractivity contribution in [1.82, 2.24) is 8.87 Å². The predicted octanol–water partition coefficient (Wildman–Crippen LogP) is 4.46. The van der Waals surface area contributed by atoms with E-state index in [1.165, 1.54) is 10.2 Å². The van der Waals surface area contributed by atoms with Crippen molar-refractivity contribution in [3.63, 3.8) is 0 Å². The Labute approximate surface area is 215 Å². The summed E-state index contributed by atoms with van der Waals surface area (Å²) < 4.78 is 33.5. The first kappa shape index (κ1) is 24.6. The van der Waals surface area contributed by atoms with Crippen LogP contribution in [0.3, 0.4) is 0 Å². The van der Waals surface area contributed by atoms with Crippen molar-refractivity contribution >= 4 is 39.0 Å². The van der Waals surface area contributed by atoms with Crippen LogP contribution in [-0.2, 0) is 21.4 Å². The van der Waals surface area contributed by atoms with Crippen LogP contribution >= 0.6 is 0 Å². The van der Waals surface area contributed by atoms with Gasteiger partial charge in [0.15, 0.2) is 6.29 Å². The highest BCUT2D eigenvalue weighted by atomic mass is 32.2. The molecule has 190 valence electrons. The van der Waals surface area contributed by atoms with E-state index in [1.54, 1.807) is 41.3 Å². The van der Waals surface area contributed by atoms with Crippen molar-refractivity contribution < 1.29 is 22.7 Å². The third-order valence-electron chi connectivity index (χ3n) is 6.59. The maximum absolute atomic E-state index is 13.4. The topological polar surface area (TPSA) is 88.9 Å². The van der Waals surface area contributed by atoms with Crippen LogP contribution in [-0.4, -0.2) is 55.8 Å². The van der Waals surface area contributed by atoms with Gasteiger partial charge in [0.2, 0.25) is 0 Å². The van der Waals surface area contributed by atoms with Gasteiger partial charge in [-0.15, -0.1) is 0 Å². The number of rotatable bonds is 6. The quantitative estimate of drug-likeness (QED) is 0.351. The summed E-state index contributed by atoms with van der Waals surface area (Å²) in [4.78, 5) is 28.5. The van der Waals surface area contributed by atoms with Gasteiger partial charge in [0.05, 0.1) is 10.4 Å². The Kier molecular flexibility index (Phi) is 6.71. The zero-order chi connectivity index (χ0) is 26.0. The van der Waals surface area contributed by atoms with Gasteiger partial charge in [-0.25, -0.2) is 17.2 Å². The molecule has 0 saturated carbocycles. The minimum atomic E-state index is -3.90. The van der Waals surface area contributed by atoms with Gasteiger partial charge < -0.3 is 14.5 Å². The number of carbonyl (C=O) groups excluding carboxylic acids is 2. The monoisotopic (exact) mass is 517 g/mol. The van der Waals surface area contributed by atoms with E-state index < -0.39 is 10.0 Å². The summed E-state index contributed by atoms with van der Waals surface area (Å²) in [7, 11) is -3.90. The molecule has 37 heavy (non-hydrogen) atoms. The third kappa shape index (κ3) is 4.82. The van der Waals surface area contributed by atoms with Crippen molar-refractivity contribution in [1.29, 1.82) is 0 Å². The number of hydrogen-bond donors (Lipinski definition) is 0. The second-order valence-electron chi connectivity index (χ2n) is 9.00. The number of benzene rings is 3. The fourth-order valence-corrected chi connectivity index (χ4v) is 5.95. The summed E-state index contributed by atoms with van der Waals surface area (Å²) in [6.45, 7) is 4.04. The van der Waals surface area contributed by atoms with Gasteiger partial charge in [-0.05, 0) is 36.8 Å². The number of ether oxygens (including phenoxy) is 1. The van der Waals surface area contributed by atoms with E-state index in [0.717, 1.165) is 16.8 Å². The molecule has 0 N–H and O–H groups in total. The Morgan fingerprint density at radius 3 is 2.30 bits per heavy atom. The van der Waals surface area contributed by atoms with Gasteiger partial charge in [0.1, 0.15) is 6.61 Å². The molecule has 0 aliphatic carbocycles. The Bertz CT molecular complexity index is 1540. The number of anilines is 1. The van der Waals surface area contributed by atoms with Crippen molar-refractivity contribution in [2.45, 2.75) is 18.4 Å². The zero-order valence-corrected chi connectivity index (χ0v) is 21.2. The van der Waals surface area contributed by atoms with Crippen molar-refractivity contribution in [2.75, 3.05) is 31.1 Å². The number of aromatic nitrogens is 1. The second kappa shape index (κ2) is 10.1. The van der Waals surface area contributed by atoms with Gasteiger partial charge in [-0.2, -0.15) is 0 Å². The van der Waals surface area contributed by atoms with E-state index in [4.69, 9.17) is 4.74 Å². The molecule has 1 amide bonds. The minimum absolute atomic E-state index is 0.153. The number of aldehydes is 1. The number of hydrogen-bond acceptors (Lipinski definition) is 6. The van der Waals surface area contributed by atoms with Crippen LogP contribution in [0.15, 0.2) is 83.9 Å². The standard InChI is InChI=1S/C28H27N3O5S/c1-21-10-12-24(13-11-21)37(34,35)31-18-23(19-32)27-25(8-5-9-26(27)31)29-14-16-30(17-15-29)28(33)36-20-22-6-3-2-4-7-22/h2-13,18-19H,14-17,20H2,1H3. The molecule has 1 aliphatic rings. The van der Waals surface area contributed by atoms with Crippen molar-refractivity contribution in [2.24, 2.45) is 0 Å². The highest BCUT2D eigenvalue weighted by molar-refractivity contribution is 7.90. The Morgan fingerprint density at radius 1 is 0.919 bits per heavy atom. The largest absolute Gasteiger partial charge is 0.445 e. The van der Waals surface area contributed by atoms with E-state index in [-0.39, 0.29) is 17.6 Å². The lowest BCUT2D eigenvalue weighted by Gasteiger charge is -2.36. The highest BCUT2D eigenvalue weighted by Gasteiger charge is 2.27. The molecule has 1 fully saturated rings. The summed E-state index contributed by atoms with van der Waals surface area (Å²) in [5.41, 5.74) is 3.37. The fraction of sp³-hybridized carbons (Fsp3) is 0.214. The van der Waals surface area contributed by atoms with Gasteiger partial charge >= 0.3 is 6.09 Å². The van der Waals surface area contributed by atoms with E-state index in [1.807, 2.05) is 43.3 Å². The summed E-state index contributed by atoms with van der Waals surface area (Å²) in [5.74, 6) is 0. The molecule has 0 atom stereocenters. The van der Waals surface area contributed by atoms with Crippen LogP contribution in [0.25, 0.3) is 10.9 Å². The van der Waals surface area contributed by atoms with Crippen LogP contribution in [0.1, 0.15) is 21.5 Å². The SMILES string of the molecule is Cc1ccc(S(=O)(=O)n2cc(C=O)c3c(N4CCN(C(=O)OCc5ccccc5)CC4)cccc32)cc1. The molecule has 1 aliphatic heterocycles. The molecule has 5 rings (SSSR count). The summed E-state index contributed by atoms with van der Waals surface area (Å²) in [5, 5.41) is 0.577. The number of fused-ring (bicyclic) bond motifs is 1. The Morgan fingerprint density at radius 2 is 1.62 bits per heavy atom. The summed E-state index contributed by atoms with van der Waals surface area (Å²) in [6, 6.07) is 21.5. The van der Waals surface area contributed by atoms with Crippen LogP contribution in [0.5, 0.6) is 0 Å². The molecule has 0 bridgehead atoms. The van der Waals surface area contributed by atoms with Crippen molar-refractivity contribution in [3.8, 4) is 0 Å². The lowest BCUT2D eigenvalue weighted by atomic mass is 10.1. The lowest BCUT2D eigenvalue weighted by molar-refractivity contribution is 0.0942. The molecule has 1 aromatic heterocycles. The van der Waals surface area contributed by atoms with E-state index in [9.17, 15) is 18.0 Å². The van der Waals surface area contributed by atoms with Gasteiger partial charge in [0, 0.05) is 49.0 Å². The molecule has 0 radical (unpaired) electrons. The number of amides is 1. The maximum Gasteiger partial charge on any atom is 0.410 e. The average molecular weight is 518 g/mol. The molecular formula is C28H27N3O5S. The molecule has 0 spiro atoms.